The molecule has 46 heavy (non-hydrogen) atoms. The second kappa shape index (κ2) is 14.5. The van der Waals surface area contributed by atoms with Crippen molar-refractivity contribution in [3.05, 3.63) is 133 Å². The third kappa shape index (κ3) is 6.84. The van der Waals surface area contributed by atoms with Crippen molar-refractivity contribution in [2.24, 2.45) is 4.99 Å². The van der Waals surface area contributed by atoms with Gasteiger partial charge in [0.25, 0.3) is 5.56 Å². The first-order valence-electron chi connectivity index (χ1n) is 15.2. The summed E-state index contributed by atoms with van der Waals surface area (Å²) in [6.45, 7) is 11.9. The molecule has 238 valence electrons. The first-order chi connectivity index (χ1) is 22.2. The molecule has 0 spiro atoms. The fourth-order valence-electron chi connectivity index (χ4n) is 5.42. The molecule has 2 heterocycles. The first kappa shape index (κ1) is 32.5. The Hall–Kier alpha value is -4.89. The van der Waals surface area contributed by atoms with Gasteiger partial charge in [0.2, 0.25) is 0 Å². The third-order valence-corrected chi connectivity index (χ3v) is 8.34. The van der Waals surface area contributed by atoms with Gasteiger partial charge in [-0.2, -0.15) is 0 Å². The minimum Gasteiger partial charge on any atom is -0.493 e. The maximum absolute atomic E-state index is 14.3. The van der Waals surface area contributed by atoms with Crippen molar-refractivity contribution >= 4 is 23.4 Å². The number of ether oxygens (including phenoxy) is 4. The van der Waals surface area contributed by atoms with Crippen LogP contribution in [0.3, 0.4) is 0 Å². The number of methoxy groups -OCH3 is 1. The van der Waals surface area contributed by atoms with E-state index >= 15 is 0 Å². The summed E-state index contributed by atoms with van der Waals surface area (Å²) >= 11 is 1.26. The van der Waals surface area contributed by atoms with Crippen molar-refractivity contribution in [3.63, 3.8) is 0 Å². The number of aromatic nitrogens is 1. The molecule has 5 rings (SSSR count). The van der Waals surface area contributed by atoms with Crippen LogP contribution < -0.4 is 29.1 Å². The Bertz CT molecular complexity index is 1960. The van der Waals surface area contributed by atoms with E-state index in [0.717, 1.165) is 16.7 Å². The fraction of sp³-hybridized carbons (Fsp3) is 0.270. The van der Waals surface area contributed by atoms with Gasteiger partial charge < -0.3 is 18.9 Å². The summed E-state index contributed by atoms with van der Waals surface area (Å²) in [5.74, 6) is 1.24. The molecule has 4 aromatic rings. The summed E-state index contributed by atoms with van der Waals surface area (Å²) < 4.78 is 25.6. The topological polar surface area (TPSA) is 88.4 Å². The van der Waals surface area contributed by atoms with Crippen LogP contribution in [0.4, 0.5) is 0 Å². The van der Waals surface area contributed by atoms with Crippen molar-refractivity contribution in [1.82, 2.24) is 4.57 Å². The quantitative estimate of drug-likeness (QED) is 0.142. The van der Waals surface area contributed by atoms with Crippen molar-refractivity contribution in [2.75, 3.05) is 13.7 Å². The molecule has 0 saturated carbocycles. The number of hydrogen-bond acceptors (Lipinski definition) is 8. The number of allylic oxidation sites excluding steroid dienone is 2. The van der Waals surface area contributed by atoms with Crippen LogP contribution in [0, 0.1) is 0 Å². The Morgan fingerprint density at radius 3 is 2.52 bits per heavy atom. The van der Waals surface area contributed by atoms with E-state index < -0.39 is 12.0 Å². The number of hydrogen-bond donors (Lipinski definition) is 0. The molecular formula is C37H38N2O6S. The standard InChI is InChI=1S/C37H38N2O6S/c1-7-14-27-19-26(20-30(42-6)34(27)44-22-25-15-10-9-11-16-25)21-31-35(40)39-33(28-17-12-13-18-29(28)45-23(3)4)32(36(41)43-8-2)24(5)38-37(39)46-31/h7,9-13,15-21,23,33H,1,8,14,22H2,2-6H3/b31-21+/t33-/m1/s1. The number of para-hydroxylation sites is 1. The molecule has 0 saturated heterocycles. The zero-order valence-electron chi connectivity index (χ0n) is 26.7. The molecule has 0 N–H and O–H groups in total. The fourth-order valence-corrected chi connectivity index (χ4v) is 6.47. The van der Waals surface area contributed by atoms with Gasteiger partial charge in [0, 0.05) is 11.1 Å². The van der Waals surface area contributed by atoms with Crippen LogP contribution in [0.25, 0.3) is 6.08 Å². The van der Waals surface area contributed by atoms with Gasteiger partial charge in [-0.3, -0.25) is 9.36 Å². The highest BCUT2D eigenvalue weighted by Crippen LogP contribution is 2.37. The smallest absolute Gasteiger partial charge is 0.338 e. The zero-order valence-corrected chi connectivity index (χ0v) is 27.6. The number of carbonyl (C=O) groups excluding carboxylic acids is 1. The summed E-state index contributed by atoms with van der Waals surface area (Å²) in [5, 5.41) is 0. The Kier molecular flexibility index (Phi) is 10.2. The summed E-state index contributed by atoms with van der Waals surface area (Å²) in [5.41, 5.74) is 3.86. The summed E-state index contributed by atoms with van der Waals surface area (Å²) in [4.78, 5) is 32.8. The van der Waals surface area contributed by atoms with E-state index in [4.69, 9.17) is 23.9 Å². The normalized spacial score (nSPS) is 14.5. The minimum atomic E-state index is -0.785. The number of carbonyl (C=O) groups is 1. The van der Waals surface area contributed by atoms with E-state index in [1.165, 1.54) is 11.3 Å². The van der Waals surface area contributed by atoms with Crippen LogP contribution in [0.1, 0.15) is 56.0 Å². The van der Waals surface area contributed by atoms with Crippen molar-refractivity contribution in [1.29, 1.82) is 0 Å². The lowest BCUT2D eigenvalue weighted by Gasteiger charge is -2.26. The number of esters is 1. The summed E-state index contributed by atoms with van der Waals surface area (Å²) in [6.07, 6.45) is 4.04. The Labute approximate surface area is 272 Å². The number of fused-ring (bicyclic) bond motifs is 1. The molecule has 1 atom stereocenters. The zero-order chi connectivity index (χ0) is 32.8. The van der Waals surface area contributed by atoms with Gasteiger partial charge in [0.1, 0.15) is 18.4 Å². The molecule has 0 amide bonds. The molecule has 8 nitrogen and oxygen atoms in total. The molecule has 9 heteroatoms. The molecule has 0 bridgehead atoms. The van der Waals surface area contributed by atoms with Crippen molar-refractivity contribution in [2.45, 2.75) is 52.9 Å². The Morgan fingerprint density at radius 1 is 1.09 bits per heavy atom. The van der Waals surface area contributed by atoms with Crippen molar-refractivity contribution < 1.29 is 23.7 Å². The van der Waals surface area contributed by atoms with Crippen LogP contribution in [-0.2, 0) is 22.6 Å². The second-order valence-electron chi connectivity index (χ2n) is 11.0. The summed E-state index contributed by atoms with van der Waals surface area (Å²) in [6, 6.07) is 20.4. The van der Waals surface area contributed by atoms with Gasteiger partial charge in [-0.25, -0.2) is 9.79 Å². The van der Waals surface area contributed by atoms with Gasteiger partial charge in [-0.05, 0) is 69.5 Å². The molecule has 1 aliphatic rings. The molecule has 1 aromatic heterocycles. The highest BCUT2D eigenvalue weighted by atomic mass is 32.1. The van der Waals surface area contributed by atoms with E-state index in [-0.39, 0.29) is 18.3 Å². The Balaban J connectivity index is 1.65. The molecular weight excluding hydrogens is 600 g/mol. The average molecular weight is 639 g/mol. The highest BCUT2D eigenvalue weighted by Gasteiger charge is 2.35. The lowest BCUT2D eigenvalue weighted by molar-refractivity contribution is -0.139. The lowest BCUT2D eigenvalue weighted by atomic mass is 9.95. The SMILES string of the molecule is C=CCc1cc(/C=c2/sc3n(c2=O)[C@H](c2ccccc2OC(C)C)C(C(=O)OCC)=C(C)N=3)cc(OC)c1OCc1ccccc1. The van der Waals surface area contributed by atoms with Crippen LogP contribution in [0.15, 0.2) is 100 Å². The van der Waals surface area contributed by atoms with Crippen LogP contribution in [-0.4, -0.2) is 30.4 Å². The van der Waals surface area contributed by atoms with Gasteiger partial charge in [-0.15, -0.1) is 6.58 Å². The number of benzene rings is 3. The molecule has 0 radical (unpaired) electrons. The minimum absolute atomic E-state index is 0.118. The monoisotopic (exact) mass is 638 g/mol. The van der Waals surface area contributed by atoms with E-state index in [2.05, 4.69) is 6.58 Å². The van der Waals surface area contributed by atoms with Crippen LogP contribution in [0.5, 0.6) is 17.2 Å². The second-order valence-corrected chi connectivity index (χ2v) is 12.0. The molecule has 3 aromatic carbocycles. The third-order valence-electron chi connectivity index (χ3n) is 7.36. The van der Waals surface area contributed by atoms with Gasteiger partial charge in [0.15, 0.2) is 16.3 Å². The molecule has 0 unspecified atom stereocenters. The van der Waals surface area contributed by atoms with E-state index in [9.17, 15) is 9.59 Å². The number of thiazole rings is 1. The molecule has 0 fully saturated rings. The highest BCUT2D eigenvalue weighted by molar-refractivity contribution is 7.07. The lowest BCUT2D eigenvalue weighted by Crippen LogP contribution is -2.40. The average Bonchev–Trinajstić information content (AvgIpc) is 3.34. The summed E-state index contributed by atoms with van der Waals surface area (Å²) in [7, 11) is 1.59. The molecule has 0 aliphatic carbocycles. The molecule has 1 aliphatic heterocycles. The van der Waals surface area contributed by atoms with Crippen LogP contribution in [0.2, 0.25) is 0 Å². The van der Waals surface area contributed by atoms with E-state index in [1.807, 2.05) is 86.7 Å². The van der Waals surface area contributed by atoms with E-state index in [0.29, 0.717) is 56.4 Å². The number of nitrogens with zero attached hydrogens (tertiary/aromatic N) is 2. The predicted octanol–water partition coefficient (Wildman–Crippen LogP) is 5.90. The van der Waals surface area contributed by atoms with Gasteiger partial charge in [0.05, 0.1) is 35.6 Å². The largest absolute Gasteiger partial charge is 0.493 e. The van der Waals surface area contributed by atoms with Crippen molar-refractivity contribution in [3.8, 4) is 17.2 Å². The van der Waals surface area contributed by atoms with Gasteiger partial charge in [-0.1, -0.05) is 65.9 Å². The van der Waals surface area contributed by atoms with E-state index in [1.54, 1.807) is 31.6 Å². The Morgan fingerprint density at radius 2 is 1.83 bits per heavy atom. The number of rotatable bonds is 12. The van der Waals surface area contributed by atoms with Crippen LogP contribution >= 0.6 is 11.3 Å². The maximum Gasteiger partial charge on any atom is 0.338 e. The van der Waals surface area contributed by atoms with Gasteiger partial charge >= 0.3 is 5.97 Å². The first-order valence-corrected chi connectivity index (χ1v) is 16.0. The predicted molar refractivity (Wildman–Crippen MR) is 180 cm³/mol. The maximum atomic E-state index is 14.3.